The molecule has 0 amide bonds. The lowest BCUT2D eigenvalue weighted by Gasteiger charge is -2.06. The molecule has 15 heavy (non-hydrogen) atoms. The number of ether oxygens (including phenoxy) is 1. The number of aryl methyl sites for hydroxylation is 2. The zero-order valence-electron chi connectivity index (χ0n) is 9.24. The zero-order chi connectivity index (χ0) is 11.0. The van der Waals surface area contributed by atoms with Crippen LogP contribution in [0.3, 0.4) is 0 Å². The highest BCUT2D eigenvalue weighted by atomic mass is 16.5. The number of nitrogens with two attached hydrogens (primary N) is 1. The summed E-state index contributed by atoms with van der Waals surface area (Å²) in [5.41, 5.74) is 8.61. The number of aromatic nitrogens is 2. The molecule has 4 nitrogen and oxygen atoms in total. The Morgan fingerprint density at radius 1 is 1.47 bits per heavy atom. The molecule has 0 radical (unpaired) electrons. The average Bonchev–Trinajstić information content (AvgIpc) is 2.54. The molecule has 0 aliphatic rings. The summed E-state index contributed by atoms with van der Waals surface area (Å²) in [5, 5.41) is 5.44. The summed E-state index contributed by atoms with van der Waals surface area (Å²) in [4.78, 5) is 0. The van der Waals surface area contributed by atoms with Crippen molar-refractivity contribution in [3.8, 4) is 5.75 Å². The quantitative estimate of drug-likeness (QED) is 0.759. The fourth-order valence-electron chi connectivity index (χ4n) is 1.96. The molecule has 0 fully saturated rings. The van der Waals surface area contributed by atoms with Crippen molar-refractivity contribution in [1.29, 1.82) is 0 Å². The van der Waals surface area contributed by atoms with E-state index in [1.807, 2.05) is 23.9 Å². The summed E-state index contributed by atoms with van der Waals surface area (Å²) in [6.07, 6.45) is 0.910. The Morgan fingerprint density at radius 3 is 2.80 bits per heavy atom. The van der Waals surface area contributed by atoms with Crippen molar-refractivity contribution in [3.05, 3.63) is 17.8 Å². The maximum Gasteiger partial charge on any atom is 0.153 e. The second-order valence-electron chi connectivity index (χ2n) is 3.51. The molecule has 0 spiro atoms. The van der Waals surface area contributed by atoms with E-state index in [2.05, 4.69) is 12.0 Å². The normalized spacial score (nSPS) is 10.9. The Kier molecular flexibility index (Phi) is 2.26. The smallest absolute Gasteiger partial charge is 0.153 e. The lowest BCUT2D eigenvalue weighted by Crippen LogP contribution is -1.97. The number of fused-ring (bicyclic) bond motifs is 1. The molecule has 0 unspecified atom stereocenters. The molecule has 1 aromatic heterocycles. The van der Waals surface area contributed by atoms with Crippen molar-refractivity contribution in [2.45, 2.75) is 13.3 Å². The SMILES string of the molecule is CCc1c2c(OC)c(N)ccc2nn1C. The van der Waals surface area contributed by atoms with Crippen LogP contribution in [-0.4, -0.2) is 16.9 Å². The van der Waals surface area contributed by atoms with Gasteiger partial charge in [-0.15, -0.1) is 0 Å². The predicted octanol–water partition coefficient (Wildman–Crippen LogP) is 1.73. The minimum Gasteiger partial charge on any atom is -0.494 e. The van der Waals surface area contributed by atoms with Gasteiger partial charge in [0.25, 0.3) is 0 Å². The van der Waals surface area contributed by atoms with Crippen molar-refractivity contribution in [2.75, 3.05) is 12.8 Å². The van der Waals surface area contributed by atoms with Gasteiger partial charge in [-0.2, -0.15) is 5.10 Å². The third kappa shape index (κ3) is 1.33. The van der Waals surface area contributed by atoms with Crippen LogP contribution >= 0.6 is 0 Å². The maximum absolute atomic E-state index is 5.87. The van der Waals surface area contributed by atoms with Gasteiger partial charge in [0.05, 0.1) is 23.7 Å². The summed E-state index contributed by atoms with van der Waals surface area (Å²) in [6.45, 7) is 2.10. The van der Waals surface area contributed by atoms with Gasteiger partial charge in [-0.05, 0) is 18.6 Å². The number of anilines is 1. The van der Waals surface area contributed by atoms with Crippen LogP contribution in [0.15, 0.2) is 12.1 Å². The second-order valence-corrected chi connectivity index (χ2v) is 3.51. The lowest BCUT2D eigenvalue weighted by molar-refractivity contribution is 0.421. The Bertz CT molecular complexity index is 502. The van der Waals surface area contributed by atoms with Crippen molar-refractivity contribution in [2.24, 2.45) is 7.05 Å². The number of nitrogen functional groups attached to an aromatic ring is 1. The molecular formula is C11H15N3O. The number of hydrogen-bond acceptors (Lipinski definition) is 3. The molecule has 2 aromatic rings. The van der Waals surface area contributed by atoms with E-state index in [1.165, 1.54) is 0 Å². The van der Waals surface area contributed by atoms with Gasteiger partial charge >= 0.3 is 0 Å². The maximum atomic E-state index is 5.87. The molecule has 0 bridgehead atoms. The van der Waals surface area contributed by atoms with Gasteiger partial charge < -0.3 is 10.5 Å². The highest BCUT2D eigenvalue weighted by Gasteiger charge is 2.14. The van der Waals surface area contributed by atoms with Crippen LogP contribution in [0.25, 0.3) is 10.9 Å². The Hall–Kier alpha value is -1.71. The Balaban J connectivity index is 2.87. The topological polar surface area (TPSA) is 53.1 Å². The second kappa shape index (κ2) is 3.46. The summed E-state index contributed by atoms with van der Waals surface area (Å²) < 4.78 is 7.22. The molecule has 0 saturated carbocycles. The van der Waals surface area contributed by atoms with Crippen LogP contribution in [0.1, 0.15) is 12.6 Å². The molecule has 1 heterocycles. The third-order valence-corrected chi connectivity index (χ3v) is 2.64. The van der Waals surface area contributed by atoms with Crippen molar-refractivity contribution >= 4 is 16.6 Å². The molecule has 2 N–H and O–H groups in total. The molecule has 0 aliphatic carbocycles. The summed E-state index contributed by atoms with van der Waals surface area (Å²) >= 11 is 0. The van der Waals surface area contributed by atoms with Gasteiger partial charge in [0, 0.05) is 12.7 Å². The molecule has 80 valence electrons. The highest BCUT2D eigenvalue weighted by Crippen LogP contribution is 2.33. The Morgan fingerprint density at radius 2 is 2.20 bits per heavy atom. The van der Waals surface area contributed by atoms with Crippen LogP contribution < -0.4 is 10.5 Å². The lowest BCUT2D eigenvalue weighted by atomic mass is 10.1. The van der Waals surface area contributed by atoms with E-state index in [-0.39, 0.29) is 0 Å². The first-order valence-corrected chi connectivity index (χ1v) is 4.97. The summed E-state index contributed by atoms with van der Waals surface area (Å²) in [5.74, 6) is 0.734. The van der Waals surface area contributed by atoms with Crippen LogP contribution in [0.4, 0.5) is 5.69 Å². The molecular weight excluding hydrogens is 190 g/mol. The summed E-state index contributed by atoms with van der Waals surface area (Å²) in [7, 11) is 3.58. The minimum atomic E-state index is 0.660. The first kappa shape index (κ1) is 9.83. The van der Waals surface area contributed by atoms with E-state index in [9.17, 15) is 0 Å². The Labute approximate surface area is 88.6 Å². The first-order valence-electron chi connectivity index (χ1n) is 4.97. The third-order valence-electron chi connectivity index (χ3n) is 2.64. The van der Waals surface area contributed by atoms with Gasteiger partial charge in [0.15, 0.2) is 5.75 Å². The molecule has 0 atom stereocenters. The average molecular weight is 205 g/mol. The van der Waals surface area contributed by atoms with E-state index < -0.39 is 0 Å². The van der Waals surface area contributed by atoms with E-state index in [1.54, 1.807) is 7.11 Å². The number of hydrogen-bond donors (Lipinski definition) is 1. The molecule has 4 heteroatoms. The number of nitrogens with zero attached hydrogens (tertiary/aromatic N) is 2. The standard InChI is InChI=1S/C11H15N3O/c1-4-9-10-8(13-14(9)2)6-5-7(12)11(10)15-3/h5-6H,4,12H2,1-3H3. The molecule has 0 saturated heterocycles. The van der Waals surface area contributed by atoms with Crippen molar-refractivity contribution < 1.29 is 4.74 Å². The van der Waals surface area contributed by atoms with E-state index in [4.69, 9.17) is 10.5 Å². The molecule has 1 aromatic carbocycles. The number of rotatable bonds is 2. The van der Waals surface area contributed by atoms with Gasteiger partial charge in [0.2, 0.25) is 0 Å². The van der Waals surface area contributed by atoms with E-state index in [0.29, 0.717) is 5.69 Å². The van der Waals surface area contributed by atoms with E-state index in [0.717, 1.165) is 28.8 Å². The monoisotopic (exact) mass is 205 g/mol. The van der Waals surface area contributed by atoms with Crippen LogP contribution in [-0.2, 0) is 13.5 Å². The van der Waals surface area contributed by atoms with Gasteiger partial charge in [0.1, 0.15) is 0 Å². The largest absolute Gasteiger partial charge is 0.494 e. The van der Waals surface area contributed by atoms with Gasteiger partial charge in [-0.25, -0.2) is 0 Å². The van der Waals surface area contributed by atoms with Crippen LogP contribution in [0.5, 0.6) is 5.75 Å². The fourth-order valence-corrected chi connectivity index (χ4v) is 1.96. The van der Waals surface area contributed by atoms with Gasteiger partial charge in [-0.3, -0.25) is 4.68 Å². The zero-order valence-corrected chi connectivity index (χ0v) is 9.24. The van der Waals surface area contributed by atoms with Crippen LogP contribution in [0, 0.1) is 0 Å². The molecule has 2 rings (SSSR count). The first-order chi connectivity index (χ1) is 7.19. The minimum absolute atomic E-state index is 0.660. The predicted molar refractivity (Wildman–Crippen MR) is 61.1 cm³/mol. The number of methoxy groups -OCH3 is 1. The molecule has 0 aliphatic heterocycles. The van der Waals surface area contributed by atoms with Gasteiger partial charge in [-0.1, -0.05) is 6.92 Å². The summed E-state index contributed by atoms with van der Waals surface area (Å²) in [6, 6.07) is 3.75. The van der Waals surface area contributed by atoms with Crippen molar-refractivity contribution in [3.63, 3.8) is 0 Å². The highest BCUT2D eigenvalue weighted by molar-refractivity contribution is 5.92. The van der Waals surface area contributed by atoms with Crippen molar-refractivity contribution in [1.82, 2.24) is 9.78 Å². The number of benzene rings is 1. The van der Waals surface area contributed by atoms with Crippen LogP contribution in [0.2, 0.25) is 0 Å². The van der Waals surface area contributed by atoms with E-state index >= 15 is 0 Å². The fraction of sp³-hybridized carbons (Fsp3) is 0.364.